The van der Waals surface area contributed by atoms with Gasteiger partial charge in [-0.25, -0.2) is 0 Å². The lowest BCUT2D eigenvalue weighted by Gasteiger charge is -2.49. The van der Waals surface area contributed by atoms with Crippen molar-refractivity contribution in [3.8, 4) is 0 Å². The molecule has 0 bridgehead atoms. The van der Waals surface area contributed by atoms with Crippen LogP contribution in [0.5, 0.6) is 0 Å². The molecule has 3 atom stereocenters. The zero-order chi connectivity index (χ0) is 14.3. The Kier molecular flexibility index (Phi) is 3.78. The van der Waals surface area contributed by atoms with Crippen molar-refractivity contribution in [2.24, 2.45) is 16.7 Å². The maximum Gasteiger partial charge on any atom is 0.304 e. The molecule has 0 fully saturated rings. The summed E-state index contributed by atoms with van der Waals surface area (Å²) in [6.45, 7) is 6.61. The molecule has 2 aliphatic rings. The van der Waals surface area contributed by atoms with E-state index in [0.717, 1.165) is 32.1 Å². The van der Waals surface area contributed by atoms with Crippen LogP contribution in [0.1, 0.15) is 59.3 Å². The van der Waals surface area contributed by atoms with E-state index < -0.39 is 5.97 Å². The highest BCUT2D eigenvalue weighted by molar-refractivity contribution is 5.68. The first-order chi connectivity index (χ1) is 8.83. The van der Waals surface area contributed by atoms with Crippen LogP contribution in [-0.2, 0) is 4.79 Å². The lowest BCUT2D eigenvalue weighted by Crippen LogP contribution is -2.40. The summed E-state index contributed by atoms with van der Waals surface area (Å²) < 4.78 is 0. The van der Waals surface area contributed by atoms with Crippen LogP contribution < -0.4 is 0 Å². The molecule has 0 aromatic heterocycles. The van der Waals surface area contributed by atoms with Crippen molar-refractivity contribution in [3.05, 3.63) is 11.1 Å². The topological polar surface area (TPSA) is 57.5 Å². The molecule has 108 valence electrons. The van der Waals surface area contributed by atoms with Crippen LogP contribution >= 0.6 is 0 Å². The number of hydrogen-bond donors (Lipinski definition) is 2. The number of carboxylic acid groups (broad SMARTS) is 1. The number of allylic oxidation sites excluding steroid dienone is 1. The predicted molar refractivity (Wildman–Crippen MR) is 74.8 cm³/mol. The largest absolute Gasteiger partial charge is 0.481 e. The number of hydrogen-bond acceptors (Lipinski definition) is 2. The zero-order valence-corrected chi connectivity index (χ0v) is 12.3. The lowest BCUT2D eigenvalue weighted by atomic mass is 9.55. The third kappa shape index (κ3) is 2.33. The first-order valence-electron chi connectivity index (χ1n) is 7.39. The molecule has 2 N–H and O–H groups in total. The summed E-state index contributed by atoms with van der Waals surface area (Å²) in [6, 6.07) is 0. The van der Waals surface area contributed by atoms with Gasteiger partial charge in [0, 0.05) is 10.8 Å². The third-order valence-corrected chi connectivity index (χ3v) is 5.72. The van der Waals surface area contributed by atoms with E-state index in [4.69, 9.17) is 0 Å². The summed E-state index contributed by atoms with van der Waals surface area (Å²) in [6.07, 6.45) is 5.40. The van der Waals surface area contributed by atoms with Crippen molar-refractivity contribution in [2.75, 3.05) is 6.61 Å². The maximum absolute atomic E-state index is 11.3. The van der Waals surface area contributed by atoms with Gasteiger partial charge in [-0.05, 0) is 38.0 Å². The first-order valence-corrected chi connectivity index (χ1v) is 7.39. The smallest absolute Gasteiger partial charge is 0.304 e. The fourth-order valence-electron chi connectivity index (χ4n) is 4.15. The lowest BCUT2D eigenvalue weighted by molar-refractivity contribution is -0.140. The molecule has 2 rings (SSSR count). The monoisotopic (exact) mass is 266 g/mol. The highest BCUT2D eigenvalue weighted by atomic mass is 16.4. The molecule has 2 aliphatic carbocycles. The van der Waals surface area contributed by atoms with E-state index in [-0.39, 0.29) is 23.9 Å². The average Bonchev–Trinajstić information content (AvgIpc) is 2.34. The van der Waals surface area contributed by atoms with Crippen molar-refractivity contribution in [3.63, 3.8) is 0 Å². The van der Waals surface area contributed by atoms with Crippen molar-refractivity contribution < 1.29 is 15.0 Å². The molecule has 0 saturated carbocycles. The van der Waals surface area contributed by atoms with Gasteiger partial charge in [0.05, 0.1) is 13.0 Å². The first kappa shape index (κ1) is 14.6. The molecule has 3 heteroatoms. The normalized spacial score (nSPS) is 39.1. The highest BCUT2D eigenvalue weighted by Gasteiger charge is 2.46. The summed E-state index contributed by atoms with van der Waals surface area (Å²) in [4.78, 5) is 11.3. The van der Waals surface area contributed by atoms with Gasteiger partial charge in [-0.1, -0.05) is 31.9 Å². The van der Waals surface area contributed by atoms with Gasteiger partial charge in [0.1, 0.15) is 0 Å². The Labute approximate surface area is 115 Å². The third-order valence-electron chi connectivity index (χ3n) is 5.72. The fraction of sp³-hybridized carbons (Fsp3) is 0.812. The van der Waals surface area contributed by atoms with E-state index in [2.05, 4.69) is 20.8 Å². The Morgan fingerprint density at radius 1 is 1.32 bits per heavy atom. The van der Waals surface area contributed by atoms with Crippen LogP contribution in [0.25, 0.3) is 0 Å². The quantitative estimate of drug-likeness (QED) is 0.770. The second-order valence-corrected chi connectivity index (χ2v) is 6.96. The van der Waals surface area contributed by atoms with Crippen LogP contribution in [0.3, 0.4) is 0 Å². The summed E-state index contributed by atoms with van der Waals surface area (Å²) in [5.74, 6) is -0.303. The molecule has 0 amide bonds. The van der Waals surface area contributed by atoms with Gasteiger partial charge < -0.3 is 10.2 Å². The molecule has 0 aliphatic heterocycles. The number of aliphatic carboxylic acids is 1. The highest BCUT2D eigenvalue weighted by Crippen LogP contribution is 2.56. The second-order valence-electron chi connectivity index (χ2n) is 6.96. The van der Waals surface area contributed by atoms with Crippen LogP contribution in [-0.4, -0.2) is 22.8 Å². The minimum absolute atomic E-state index is 0.118. The molecule has 1 unspecified atom stereocenters. The van der Waals surface area contributed by atoms with E-state index in [0.29, 0.717) is 5.92 Å². The molecule has 0 saturated heterocycles. The summed E-state index contributed by atoms with van der Waals surface area (Å²) in [5.41, 5.74) is 2.36. The molecule has 0 radical (unpaired) electrons. The summed E-state index contributed by atoms with van der Waals surface area (Å²) >= 11 is 0. The van der Waals surface area contributed by atoms with E-state index in [1.165, 1.54) is 11.1 Å². The second kappa shape index (κ2) is 4.93. The SMILES string of the molecule is CC1CCC2=C(CCC[C@]2(C)CO)[C@@]1(C)CC(=O)O. The zero-order valence-electron chi connectivity index (χ0n) is 12.3. The van der Waals surface area contributed by atoms with Crippen molar-refractivity contribution in [1.82, 2.24) is 0 Å². The Bertz CT molecular complexity index is 412. The van der Waals surface area contributed by atoms with E-state index in [1.54, 1.807) is 0 Å². The van der Waals surface area contributed by atoms with E-state index in [1.807, 2.05) is 0 Å². The molecular weight excluding hydrogens is 240 g/mol. The fourth-order valence-corrected chi connectivity index (χ4v) is 4.15. The van der Waals surface area contributed by atoms with Gasteiger partial charge in [-0.2, -0.15) is 0 Å². The number of aliphatic hydroxyl groups excluding tert-OH is 1. The van der Waals surface area contributed by atoms with E-state index >= 15 is 0 Å². The maximum atomic E-state index is 11.3. The number of carbonyl (C=O) groups is 1. The minimum Gasteiger partial charge on any atom is -0.481 e. The Morgan fingerprint density at radius 3 is 2.58 bits per heavy atom. The average molecular weight is 266 g/mol. The van der Waals surface area contributed by atoms with Crippen LogP contribution in [0, 0.1) is 16.7 Å². The van der Waals surface area contributed by atoms with Crippen LogP contribution in [0.4, 0.5) is 0 Å². The number of aliphatic hydroxyl groups is 1. The standard InChI is InChI=1S/C16H26O3/c1-11-6-7-12-13(16(11,3)9-14(18)19)5-4-8-15(12,2)10-17/h11,17H,4-10H2,1-3H3,(H,18,19)/t11?,15-,16+/m1/s1. The van der Waals surface area contributed by atoms with Gasteiger partial charge in [0.25, 0.3) is 0 Å². The minimum atomic E-state index is -0.709. The Morgan fingerprint density at radius 2 is 2.00 bits per heavy atom. The Balaban J connectivity index is 2.48. The van der Waals surface area contributed by atoms with Gasteiger partial charge in [0.2, 0.25) is 0 Å². The van der Waals surface area contributed by atoms with Gasteiger partial charge in [-0.3, -0.25) is 4.79 Å². The summed E-state index contributed by atoms with van der Waals surface area (Å²) in [5, 5.41) is 19.0. The molecule has 0 spiro atoms. The van der Waals surface area contributed by atoms with Gasteiger partial charge in [-0.15, -0.1) is 0 Å². The van der Waals surface area contributed by atoms with Crippen LogP contribution in [0.15, 0.2) is 11.1 Å². The Hall–Kier alpha value is -0.830. The van der Waals surface area contributed by atoms with Crippen molar-refractivity contribution in [1.29, 1.82) is 0 Å². The van der Waals surface area contributed by atoms with Crippen LogP contribution in [0.2, 0.25) is 0 Å². The molecule has 3 nitrogen and oxygen atoms in total. The predicted octanol–water partition coefficient (Wildman–Crippen LogP) is 3.38. The molecular formula is C16H26O3. The molecule has 0 heterocycles. The number of carboxylic acids is 1. The van der Waals surface area contributed by atoms with E-state index in [9.17, 15) is 15.0 Å². The summed E-state index contributed by atoms with van der Waals surface area (Å²) in [7, 11) is 0. The molecule has 0 aromatic rings. The van der Waals surface area contributed by atoms with Crippen molar-refractivity contribution in [2.45, 2.75) is 59.3 Å². The number of rotatable bonds is 3. The molecule has 19 heavy (non-hydrogen) atoms. The van der Waals surface area contributed by atoms with Gasteiger partial charge >= 0.3 is 5.97 Å². The molecule has 0 aromatic carbocycles. The van der Waals surface area contributed by atoms with Gasteiger partial charge in [0.15, 0.2) is 0 Å². The van der Waals surface area contributed by atoms with Crippen molar-refractivity contribution >= 4 is 5.97 Å².